The zero-order chi connectivity index (χ0) is 18.0. The predicted octanol–water partition coefficient (Wildman–Crippen LogP) is 3.01. The molecular formula is C15H22F3N3O2. The van der Waals surface area contributed by atoms with Crippen LogP contribution < -0.4 is 10.2 Å². The Morgan fingerprint density at radius 3 is 2.22 bits per heavy atom. The van der Waals surface area contributed by atoms with Crippen LogP contribution in [0, 0.1) is 0 Å². The highest BCUT2D eigenvalue weighted by molar-refractivity contribution is 5.90. The molecule has 130 valence electrons. The Balaban J connectivity index is 3.06. The maximum Gasteiger partial charge on any atom is 0.418 e. The largest absolute Gasteiger partial charge is 0.418 e. The van der Waals surface area contributed by atoms with E-state index in [4.69, 9.17) is 0 Å². The van der Waals surface area contributed by atoms with Gasteiger partial charge >= 0.3 is 12.2 Å². The van der Waals surface area contributed by atoms with Gasteiger partial charge in [0.05, 0.1) is 23.4 Å². The summed E-state index contributed by atoms with van der Waals surface area (Å²) in [5, 5.41) is 11.9. The average molecular weight is 333 g/mol. The monoisotopic (exact) mass is 333 g/mol. The fourth-order valence-electron chi connectivity index (χ4n) is 2.02. The number of carbonyl (C=O) groups excluding carboxylic acids is 1. The van der Waals surface area contributed by atoms with Crippen molar-refractivity contribution in [1.29, 1.82) is 0 Å². The first-order valence-corrected chi connectivity index (χ1v) is 6.94. The van der Waals surface area contributed by atoms with E-state index in [9.17, 15) is 23.1 Å². The van der Waals surface area contributed by atoms with Crippen LogP contribution in [0.2, 0.25) is 0 Å². The van der Waals surface area contributed by atoms with Crippen LogP contribution in [-0.2, 0) is 6.18 Å². The van der Waals surface area contributed by atoms with Crippen LogP contribution in [-0.4, -0.2) is 49.3 Å². The lowest BCUT2D eigenvalue weighted by atomic mass is 10.1. The molecule has 0 atom stereocenters. The molecule has 0 fully saturated rings. The number of hydrogen-bond donors (Lipinski definition) is 2. The fourth-order valence-corrected chi connectivity index (χ4v) is 2.02. The third kappa shape index (κ3) is 5.63. The van der Waals surface area contributed by atoms with E-state index in [1.54, 1.807) is 19.0 Å². The van der Waals surface area contributed by atoms with Gasteiger partial charge in [-0.05, 0) is 32.0 Å². The van der Waals surface area contributed by atoms with Crippen molar-refractivity contribution in [3.8, 4) is 0 Å². The first kappa shape index (κ1) is 19.1. The van der Waals surface area contributed by atoms with Crippen molar-refractivity contribution in [2.24, 2.45) is 0 Å². The lowest BCUT2D eigenvalue weighted by molar-refractivity contribution is -0.136. The Morgan fingerprint density at radius 2 is 1.78 bits per heavy atom. The number of halogens is 3. The molecule has 5 nitrogen and oxygen atoms in total. The number of urea groups is 1. The number of amides is 2. The van der Waals surface area contributed by atoms with E-state index in [1.165, 1.54) is 33.0 Å². The van der Waals surface area contributed by atoms with Crippen molar-refractivity contribution in [2.75, 3.05) is 37.9 Å². The summed E-state index contributed by atoms with van der Waals surface area (Å²) in [7, 11) is 4.66. The number of aliphatic hydroxyl groups is 1. The van der Waals surface area contributed by atoms with E-state index < -0.39 is 23.4 Å². The molecule has 2 amide bonds. The first-order valence-electron chi connectivity index (χ1n) is 6.94. The Kier molecular flexibility index (Phi) is 5.52. The molecule has 1 aromatic carbocycles. The highest BCUT2D eigenvalue weighted by atomic mass is 19.4. The summed E-state index contributed by atoms with van der Waals surface area (Å²) >= 11 is 0. The molecule has 0 bridgehead atoms. The molecule has 0 heterocycles. The van der Waals surface area contributed by atoms with Crippen LogP contribution >= 0.6 is 0 Å². The molecule has 23 heavy (non-hydrogen) atoms. The van der Waals surface area contributed by atoms with Crippen LogP contribution in [0.3, 0.4) is 0 Å². The molecule has 2 N–H and O–H groups in total. The normalized spacial score (nSPS) is 12.0. The molecule has 1 aromatic rings. The standard InChI is InChI=1S/C15H22F3N3O2/c1-14(2,23)9-21(5)13(22)19-12-7-6-10(20(3)4)8-11(12)15(16,17)18/h6-8,23H,9H2,1-5H3,(H,19,22). The Bertz CT molecular complexity index is 566. The summed E-state index contributed by atoms with van der Waals surface area (Å²) in [5.41, 5.74) is -2.02. The highest BCUT2D eigenvalue weighted by Gasteiger charge is 2.34. The lowest BCUT2D eigenvalue weighted by Gasteiger charge is -2.26. The molecule has 1 rings (SSSR count). The van der Waals surface area contributed by atoms with E-state index in [1.807, 2.05) is 0 Å². The van der Waals surface area contributed by atoms with Crippen molar-refractivity contribution >= 4 is 17.4 Å². The van der Waals surface area contributed by atoms with Crippen molar-refractivity contribution in [1.82, 2.24) is 4.90 Å². The first-order chi connectivity index (χ1) is 10.3. The number of nitrogens with one attached hydrogen (secondary N) is 1. The molecule has 0 aromatic heterocycles. The van der Waals surface area contributed by atoms with Gasteiger partial charge in [0.25, 0.3) is 0 Å². The van der Waals surface area contributed by atoms with Crippen LogP contribution in [0.1, 0.15) is 19.4 Å². The molecule has 8 heteroatoms. The van der Waals surface area contributed by atoms with Gasteiger partial charge in [0, 0.05) is 26.8 Å². The average Bonchev–Trinajstić information content (AvgIpc) is 2.35. The van der Waals surface area contributed by atoms with Crippen LogP contribution in [0.25, 0.3) is 0 Å². The Labute approximate surface area is 133 Å². The minimum atomic E-state index is -4.59. The zero-order valence-corrected chi connectivity index (χ0v) is 13.8. The van der Waals surface area contributed by atoms with Crippen molar-refractivity contribution < 1.29 is 23.1 Å². The summed E-state index contributed by atoms with van der Waals surface area (Å²) in [5.74, 6) is 0. The van der Waals surface area contributed by atoms with Gasteiger partial charge in [-0.15, -0.1) is 0 Å². The second-order valence-corrected chi connectivity index (χ2v) is 6.22. The van der Waals surface area contributed by atoms with E-state index in [2.05, 4.69) is 5.32 Å². The van der Waals surface area contributed by atoms with Crippen LogP contribution in [0.15, 0.2) is 18.2 Å². The lowest BCUT2D eigenvalue weighted by Crippen LogP contribution is -2.42. The summed E-state index contributed by atoms with van der Waals surface area (Å²) in [6, 6.07) is 2.95. The van der Waals surface area contributed by atoms with Gasteiger partial charge in [-0.2, -0.15) is 13.2 Å². The quantitative estimate of drug-likeness (QED) is 0.891. The van der Waals surface area contributed by atoms with Gasteiger partial charge in [0.15, 0.2) is 0 Å². The van der Waals surface area contributed by atoms with Crippen molar-refractivity contribution in [3.63, 3.8) is 0 Å². The maximum atomic E-state index is 13.2. The van der Waals surface area contributed by atoms with Gasteiger partial charge < -0.3 is 20.2 Å². The van der Waals surface area contributed by atoms with Gasteiger partial charge in [-0.3, -0.25) is 0 Å². The molecular weight excluding hydrogens is 311 g/mol. The molecule has 0 aliphatic heterocycles. The van der Waals surface area contributed by atoms with Gasteiger partial charge in [0.1, 0.15) is 0 Å². The van der Waals surface area contributed by atoms with Gasteiger partial charge in [-0.25, -0.2) is 4.79 Å². The molecule has 0 aliphatic carbocycles. The van der Waals surface area contributed by atoms with Crippen LogP contribution in [0.4, 0.5) is 29.3 Å². The second kappa shape index (κ2) is 6.66. The topological polar surface area (TPSA) is 55.8 Å². The van der Waals surface area contributed by atoms with E-state index in [0.29, 0.717) is 5.69 Å². The number of carbonyl (C=O) groups is 1. The van der Waals surface area contributed by atoms with Crippen LogP contribution in [0.5, 0.6) is 0 Å². The predicted molar refractivity (Wildman–Crippen MR) is 83.7 cm³/mol. The summed E-state index contributed by atoms with van der Waals surface area (Å²) in [6.07, 6.45) is -4.59. The summed E-state index contributed by atoms with van der Waals surface area (Å²) in [4.78, 5) is 14.7. The molecule has 0 radical (unpaired) electrons. The Morgan fingerprint density at radius 1 is 1.22 bits per heavy atom. The molecule has 0 aliphatic rings. The number of nitrogens with zero attached hydrogens (tertiary/aromatic N) is 2. The highest BCUT2D eigenvalue weighted by Crippen LogP contribution is 2.37. The number of alkyl halides is 3. The number of benzene rings is 1. The number of likely N-dealkylation sites (N-methyl/N-ethyl adjacent to an activating group) is 1. The molecule has 0 saturated carbocycles. The van der Waals surface area contributed by atoms with E-state index in [-0.39, 0.29) is 12.2 Å². The third-order valence-corrected chi connectivity index (χ3v) is 3.04. The van der Waals surface area contributed by atoms with E-state index >= 15 is 0 Å². The second-order valence-electron chi connectivity index (χ2n) is 6.22. The minimum absolute atomic E-state index is 0.0179. The smallest absolute Gasteiger partial charge is 0.389 e. The van der Waals surface area contributed by atoms with Gasteiger partial charge in [0.2, 0.25) is 0 Å². The number of rotatable bonds is 4. The number of hydrogen-bond acceptors (Lipinski definition) is 3. The minimum Gasteiger partial charge on any atom is -0.389 e. The molecule has 0 unspecified atom stereocenters. The summed E-state index contributed by atoms with van der Waals surface area (Å²) in [6.45, 7) is 2.99. The number of anilines is 2. The van der Waals surface area contributed by atoms with Crippen molar-refractivity contribution in [2.45, 2.75) is 25.6 Å². The molecule has 0 saturated heterocycles. The Hall–Kier alpha value is -1.96. The maximum absolute atomic E-state index is 13.2. The zero-order valence-electron chi connectivity index (χ0n) is 13.8. The SMILES string of the molecule is CN(CC(C)(C)O)C(=O)Nc1ccc(N(C)C)cc1C(F)(F)F. The summed E-state index contributed by atoms with van der Waals surface area (Å²) < 4.78 is 39.6. The molecule has 0 spiro atoms. The van der Waals surface area contributed by atoms with Gasteiger partial charge in [-0.1, -0.05) is 0 Å². The fraction of sp³-hybridized carbons (Fsp3) is 0.533. The third-order valence-electron chi connectivity index (χ3n) is 3.04. The van der Waals surface area contributed by atoms with Crippen molar-refractivity contribution in [3.05, 3.63) is 23.8 Å². The van der Waals surface area contributed by atoms with E-state index in [0.717, 1.165) is 11.0 Å².